The van der Waals surface area contributed by atoms with Crippen molar-refractivity contribution in [2.24, 2.45) is 0 Å². The van der Waals surface area contributed by atoms with Crippen LogP contribution in [0.5, 0.6) is 0 Å². The van der Waals surface area contributed by atoms with Crippen molar-refractivity contribution in [2.75, 3.05) is 41.5 Å². The molecule has 0 heterocycles. The van der Waals surface area contributed by atoms with Crippen LogP contribution in [0.2, 0.25) is 43.3 Å². The maximum absolute atomic E-state index is 5.66. The number of hydrogen-bond donors (Lipinski definition) is 0. The zero-order valence-electron chi connectivity index (χ0n) is 19.3. The van der Waals surface area contributed by atoms with Crippen LogP contribution in [0.15, 0.2) is 0 Å². The first-order valence-corrected chi connectivity index (χ1v) is 17.8. The van der Waals surface area contributed by atoms with E-state index in [1.54, 1.807) is 28.4 Å². The first-order chi connectivity index (χ1) is 11.8. The average molecular weight is 424 g/mol. The van der Waals surface area contributed by atoms with Gasteiger partial charge in [0.25, 0.3) is 0 Å². The van der Waals surface area contributed by atoms with E-state index in [9.17, 15) is 0 Å². The van der Waals surface area contributed by atoms with E-state index in [1.165, 1.54) is 0 Å². The van der Waals surface area contributed by atoms with E-state index in [4.69, 9.17) is 17.7 Å². The third-order valence-electron chi connectivity index (χ3n) is 6.47. The Morgan fingerprint density at radius 3 is 1.19 bits per heavy atom. The quantitative estimate of drug-likeness (QED) is 0.398. The average Bonchev–Trinajstić information content (AvgIpc) is 2.58. The molecule has 0 unspecified atom stereocenters. The molecule has 0 aliphatic rings. The van der Waals surface area contributed by atoms with Crippen molar-refractivity contribution in [1.82, 2.24) is 4.57 Å². The predicted molar refractivity (Wildman–Crippen MR) is 119 cm³/mol. The summed E-state index contributed by atoms with van der Waals surface area (Å²) in [7, 11) is 1.58. The van der Waals surface area contributed by atoms with Gasteiger partial charge >= 0.3 is 17.1 Å². The van der Waals surface area contributed by atoms with E-state index < -0.39 is 25.4 Å². The van der Waals surface area contributed by atoms with E-state index >= 15 is 0 Å². The van der Waals surface area contributed by atoms with Gasteiger partial charge in [-0.25, -0.2) is 0 Å². The number of nitrogens with zero attached hydrogens (tertiary/aromatic N) is 1. The van der Waals surface area contributed by atoms with Gasteiger partial charge in [0, 0.05) is 28.4 Å². The van der Waals surface area contributed by atoms with Crippen molar-refractivity contribution in [1.29, 1.82) is 0 Å². The van der Waals surface area contributed by atoms with E-state index in [-0.39, 0.29) is 0 Å². The minimum absolute atomic E-state index is 0.333. The second kappa shape index (κ2) is 10.8. The van der Waals surface area contributed by atoms with Crippen LogP contribution in [0.4, 0.5) is 0 Å². The molecule has 0 fully saturated rings. The van der Waals surface area contributed by atoms with Crippen molar-refractivity contribution in [3.63, 3.8) is 0 Å². The molecule has 0 amide bonds. The molecule has 26 heavy (non-hydrogen) atoms. The van der Waals surface area contributed by atoms with Crippen molar-refractivity contribution in [3.8, 4) is 0 Å². The normalized spacial score (nSPS) is 14.3. The van der Waals surface area contributed by atoms with Crippen LogP contribution < -0.4 is 0 Å². The highest BCUT2D eigenvalue weighted by Gasteiger charge is 2.41. The van der Waals surface area contributed by atoms with Crippen LogP contribution in [0.3, 0.4) is 0 Å². The zero-order chi connectivity index (χ0) is 20.6. The monoisotopic (exact) mass is 423 g/mol. The Bertz CT molecular complexity index is 370. The topological polar surface area (TPSA) is 40.2 Å². The van der Waals surface area contributed by atoms with Gasteiger partial charge in [0.2, 0.25) is 0 Å². The molecular formula is C18H45NO4Si3. The lowest BCUT2D eigenvalue weighted by molar-refractivity contribution is 0.244. The lowest BCUT2D eigenvalue weighted by atomic mass is 10.2. The van der Waals surface area contributed by atoms with Gasteiger partial charge in [0.05, 0.1) is 0 Å². The van der Waals surface area contributed by atoms with Crippen LogP contribution in [0, 0.1) is 0 Å². The van der Waals surface area contributed by atoms with Gasteiger partial charge in [0.15, 0.2) is 0 Å². The second-order valence-electron chi connectivity index (χ2n) is 9.09. The molecule has 0 radical (unpaired) electrons. The van der Waals surface area contributed by atoms with Crippen LogP contribution in [-0.4, -0.2) is 71.5 Å². The molecule has 0 spiro atoms. The molecule has 0 saturated carbocycles. The van der Waals surface area contributed by atoms with Gasteiger partial charge in [-0.3, -0.25) is 0 Å². The van der Waals surface area contributed by atoms with Crippen LogP contribution >= 0.6 is 0 Å². The standard InChI is InChI=1S/C18H45NO4Si3/c1-18(2,3)24(8,9)19(14-12-16-25(10,20-4)21-5)15-13-17-26(11,22-6)23-7/h12-17H2,1-11H3. The molecule has 0 bridgehead atoms. The van der Waals surface area contributed by atoms with Crippen molar-refractivity contribution in [3.05, 3.63) is 0 Å². The maximum atomic E-state index is 5.66. The Balaban J connectivity index is 4.98. The summed E-state index contributed by atoms with van der Waals surface area (Å²) in [6, 6.07) is 2.07. The van der Waals surface area contributed by atoms with Gasteiger partial charge in [-0.05, 0) is 56.2 Å². The lowest BCUT2D eigenvalue weighted by Gasteiger charge is -2.46. The van der Waals surface area contributed by atoms with Crippen molar-refractivity contribution in [2.45, 2.75) is 76.9 Å². The molecule has 0 aromatic carbocycles. The summed E-state index contributed by atoms with van der Waals surface area (Å²) in [6.07, 6.45) is 2.25. The van der Waals surface area contributed by atoms with Gasteiger partial charge in [-0.2, -0.15) is 0 Å². The molecule has 8 heteroatoms. The predicted octanol–water partition coefficient (Wildman–Crippen LogP) is 4.80. The van der Waals surface area contributed by atoms with E-state index in [2.05, 4.69) is 51.5 Å². The van der Waals surface area contributed by atoms with Crippen LogP contribution in [-0.2, 0) is 17.7 Å². The molecule has 0 aromatic rings. The van der Waals surface area contributed by atoms with Gasteiger partial charge < -0.3 is 22.3 Å². The minimum Gasteiger partial charge on any atom is -0.398 e. The lowest BCUT2D eigenvalue weighted by Crippen LogP contribution is -2.56. The van der Waals surface area contributed by atoms with E-state index in [0.717, 1.165) is 38.0 Å². The first-order valence-electron chi connectivity index (χ1n) is 9.76. The smallest absolute Gasteiger partial charge is 0.334 e. The molecular weight excluding hydrogens is 378 g/mol. The van der Waals surface area contributed by atoms with E-state index in [0.29, 0.717) is 5.04 Å². The molecule has 0 rings (SSSR count). The first kappa shape index (κ1) is 26.5. The van der Waals surface area contributed by atoms with Crippen molar-refractivity contribution >= 4 is 25.4 Å². The third-order valence-corrected chi connectivity index (χ3v) is 18.1. The summed E-state index contributed by atoms with van der Waals surface area (Å²) in [4.78, 5) is 0. The Kier molecular flexibility index (Phi) is 11.0. The van der Waals surface area contributed by atoms with Crippen LogP contribution in [0.25, 0.3) is 0 Å². The molecule has 158 valence electrons. The molecule has 0 aromatic heterocycles. The summed E-state index contributed by atoms with van der Waals surface area (Å²) in [6.45, 7) is 18.7. The summed E-state index contributed by atoms with van der Waals surface area (Å²) in [5.41, 5.74) is 0. The third kappa shape index (κ3) is 7.83. The fourth-order valence-electron chi connectivity index (χ4n) is 2.90. The Hall–Kier alpha value is 0.451. The summed E-state index contributed by atoms with van der Waals surface area (Å²) < 4.78 is 25.4. The summed E-state index contributed by atoms with van der Waals surface area (Å²) in [5, 5.41) is 0.333. The Morgan fingerprint density at radius 1 is 0.654 bits per heavy atom. The fraction of sp³-hybridized carbons (Fsp3) is 1.00. The van der Waals surface area contributed by atoms with Gasteiger partial charge in [0.1, 0.15) is 8.24 Å². The summed E-state index contributed by atoms with van der Waals surface area (Å²) in [5.74, 6) is 0. The van der Waals surface area contributed by atoms with Crippen molar-refractivity contribution < 1.29 is 17.7 Å². The van der Waals surface area contributed by atoms with Gasteiger partial charge in [-0.15, -0.1) is 0 Å². The molecule has 0 saturated heterocycles. The van der Waals surface area contributed by atoms with Crippen LogP contribution in [0.1, 0.15) is 33.6 Å². The SMILES string of the molecule is CO[Si](C)(CCCN(CCC[Si](C)(OC)OC)[Si](C)(C)C(C)(C)C)OC. The molecule has 0 atom stereocenters. The minimum atomic E-state index is -1.99. The zero-order valence-corrected chi connectivity index (χ0v) is 22.3. The highest BCUT2D eigenvalue weighted by molar-refractivity contribution is 6.77. The highest BCUT2D eigenvalue weighted by Crippen LogP contribution is 2.38. The highest BCUT2D eigenvalue weighted by atomic mass is 28.4. The molecule has 0 aliphatic heterocycles. The summed E-state index contributed by atoms with van der Waals surface area (Å²) >= 11 is 0. The largest absolute Gasteiger partial charge is 0.398 e. The Morgan fingerprint density at radius 2 is 0.962 bits per heavy atom. The Labute approximate surface area is 166 Å². The second-order valence-corrected chi connectivity index (χ2v) is 21.5. The number of hydrogen-bond acceptors (Lipinski definition) is 5. The molecule has 0 N–H and O–H groups in total. The molecule has 5 nitrogen and oxygen atoms in total. The fourth-order valence-corrected chi connectivity index (χ4v) is 8.04. The van der Waals surface area contributed by atoms with E-state index in [1.807, 2.05) is 0 Å². The van der Waals surface area contributed by atoms with Gasteiger partial charge in [-0.1, -0.05) is 33.9 Å². The number of rotatable bonds is 13. The molecule has 0 aliphatic carbocycles. The maximum Gasteiger partial charge on any atom is 0.334 e.